The highest BCUT2D eigenvalue weighted by Crippen LogP contribution is 2.21. The topological polar surface area (TPSA) is 29.5 Å². The molecular formula is C23H40O2. The number of hydrogen-bond donors (Lipinski definition) is 1. The lowest BCUT2D eigenvalue weighted by molar-refractivity contribution is 0.297. The highest BCUT2D eigenvalue weighted by molar-refractivity contribution is 5.29. The first-order valence-corrected chi connectivity index (χ1v) is 10.4. The quantitative estimate of drug-likeness (QED) is 0.360. The maximum Gasteiger partial charge on any atom is 0.119 e. The number of unbranched alkanes of at least 4 members (excludes halogenated alkanes) is 1. The molecule has 144 valence electrons. The average Bonchev–Trinajstić information content (AvgIpc) is 2.56. The van der Waals surface area contributed by atoms with Gasteiger partial charge in [-0.15, -0.1) is 0 Å². The Labute approximate surface area is 156 Å². The molecule has 0 saturated carbocycles. The zero-order valence-electron chi connectivity index (χ0n) is 17.0. The molecule has 0 bridgehead atoms. The van der Waals surface area contributed by atoms with E-state index >= 15 is 0 Å². The van der Waals surface area contributed by atoms with Gasteiger partial charge in [0.1, 0.15) is 11.5 Å². The van der Waals surface area contributed by atoms with Crippen molar-refractivity contribution >= 4 is 0 Å². The maximum atomic E-state index is 9.24. The van der Waals surface area contributed by atoms with Gasteiger partial charge in [-0.25, -0.2) is 0 Å². The van der Waals surface area contributed by atoms with Crippen LogP contribution < -0.4 is 4.74 Å². The third-order valence-electron chi connectivity index (χ3n) is 5.07. The van der Waals surface area contributed by atoms with Crippen LogP contribution in [-0.2, 0) is 0 Å². The first kappa shape index (κ1) is 21.9. The second-order valence-electron chi connectivity index (χ2n) is 8.30. The first-order valence-electron chi connectivity index (χ1n) is 10.4. The van der Waals surface area contributed by atoms with Gasteiger partial charge in [0, 0.05) is 0 Å². The van der Waals surface area contributed by atoms with Crippen molar-refractivity contribution in [1.29, 1.82) is 0 Å². The molecule has 0 aliphatic rings. The predicted molar refractivity (Wildman–Crippen MR) is 108 cm³/mol. The molecule has 25 heavy (non-hydrogen) atoms. The number of phenols is 1. The van der Waals surface area contributed by atoms with Gasteiger partial charge in [-0.05, 0) is 54.9 Å². The van der Waals surface area contributed by atoms with Crippen LogP contribution >= 0.6 is 0 Å². The summed E-state index contributed by atoms with van der Waals surface area (Å²) in [7, 11) is 0. The second-order valence-corrected chi connectivity index (χ2v) is 8.30. The molecule has 1 aromatic rings. The van der Waals surface area contributed by atoms with Crippen molar-refractivity contribution in [3.63, 3.8) is 0 Å². The van der Waals surface area contributed by atoms with Crippen LogP contribution in [0.2, 0.25) is 0 Å². The van der Waals surface area contributed by atoms with Crippen molar-refractivity contribution in [2.75, 3.05) is 6.61 Å². The Kier molecular flexibility index (Phi) is 11.4. The Morgan fingerprint density at radius 2 is 1.24 bits per heavy atom. The molecule has 1 rings (SSSR count). The van der Waals surface area contributed by atoms with E-state index in [1.54, 1.807) is 12.1 Å². The molecule has 1 aromatic carbocycles. The fraction of sp³-hybridized carbons (Fsp3) is 0.739. The number of phenolic OH excluding ortho intramolecular Hbond substituents is 1. The molecule has 0 radical (unpaired) electrons. The van der Waals surface area contributed by atoms with Crippen LogP contribution in [0.3, 0.4) is 0 Å². The predicted octanol–water partition coefficient (Wildman–Crippen LogP) is 7.21. The van der Waals surface area contributed by atoms with E-state index < -0.39 is 0 Å². The third kappa shape index (κ3) is 11.9. The molecule has 0 spiro atoms. The van der Waals surface area contributed by atoms with Crippen LogP contribution in [0.1, 0.15) is 85.5 Å². The standard InChI is InChI=1S/C23H40O2/c1-19(2)9-7-11-21(4)13-8-12-20(3)10-5-6-18-25-23-16-14-22(24)15-17-23/h14-17,19-21,24H,5-13,18H2,1-4H3. The molecule has 2 unspecified atom stereocenters. The van der Waals surface area contributed by atoms with Crippen molar-refractivity contribution < 1.29 is 9.84 Å². The average molecular weight is 349 g/mol. The lowest BCUT2D eigenvalue weighted by Gasteiger charge is -2.15. The summed E-state index contributed by atoms with van der Waals surface area (Å²) >= 11 is 0. The van der Waals surface area contributed by atoms with Crippen molar-refractivity contribution in [2.45, 2.75) is 85.5 Å². The van der Waals surface area contributed by atoms with Gasteiger partial charge in [0.15, 0.2) is 0 Å². The van der Waals surface area contributed by atoms with Crippen LogP contribution in [0, 0.1) is 17.8 Å². The third-order valence-corrected chi connectivity index (χ3v) is 5.07. The van der Waals surface area contributed by atoms with E-state index in [0.29, 0.717) is 0 Å². The van der Waals surface area contributed by atoms with Crippen molar-refractivity contribution in [2.24, 2.45) is 17.8 Å². The van der Waals surface area contributed by atoms with Crippen LogP contribution in [0.25, 0.3) is 0 Å². The molecular weight excluding hydrogens is 308 g/mol. The van der Waals surface area contributed by atoms with E-state index in [1.807, 2.05) is 12.1 Å². The highest BCUT2D eigenvalue weighted by Gasteiger charge is 2.06. The molecule has 2 nitrogen and oxygen atoms in total. The minimum absolute atomic E-state index is 0.287. The number of rotatable bonds is 14. The van der Waals surface area contributed by atoms with Gasteiger partial charge in [0.05, 0.1) is 6.61 Å². The number of benzene rings is 1. The largest absolute Gasteiger partial charge is 0.508 e. The molecule has 0 aliphatic heterocycles. The Balaban J connectivity index is 1.96. The minimum atomic E-state index is 0.287. The highest BCUT2D eigenvalue weighted by atomic mass is 16.5. The summed E-state index contributed by atoms with van der Waals surface area (Å²) in [6.45, 7) is 10.2. The van der Waals surface area contributed by atoms with Crippen molar-refractivity contribution in [3.05, 3.63) is 24.3 Å². The summed E-state index contributed by atoms with van der Waals surface area (Å²) in [4.78, 5) is 0. The van der Waals surface area contributed by atoms with Crippen LogP contribution in [-0.4, -0.2) is 11.7 Å². The normalized spacial score (nSPS) is 13.8. The molecule has 0 aromatic heterocycles. The molecule has 2 heteroatoms. The lowest BCUT2D eigenvalue weighted by atomic mass is 9.92. The smallest absolute Gasteiger partial charge is 0.119 e. The van der Waals surface area contributed by atoms with E-state index in [2.05, 4.69) is 27.7 Å². The molecule has 0 saturated heterocycles. The Hall–Kier alpha value is -1.18. The van der Waals surface area contributed by atoms with E-state index in [1.165, 1.54) is 51.4 Å². The minimum Gasteiger partial charge on any atom is -0.508 e. The summed E-state index contributed by atoms with van der Waals surface area (Å²) in [6.07, 6.45) is 12.0. The van der Waals surface area contributed by atoms with Crippen LogP contribution in [0.4, 0.5) is 0 Å². The van der Waals surface area contributed by atoms with Crippen molar-refractivity contribution in [1.82, 2.24) is 0 Å². The molecule has 2 atom stereocenters. The van der Waals surface area contributed by atoms with E-state index in [0.717, 1.165) is 36.5 Å². The fourth-order valence-electron chi connectivity index (χ4n) is 3.31. The summed E-state index contributed by atoms with van der Waals surface area (Å²) in [5.74, 6) is 3.71. The second kappa shape index (κ2) is 13.1. The number of hydrogen-bond acceptors (Lipinski definition) is 2. The molecule has 0 fully saturated rings. The van der Waals surface area contributed by atoms with Gasteiger partial charge in [-0.1, -0.05) is 72.6 Å². The SMILES string of the molecule is CC(C)CCCC(C)CCCC(C)CCCCOc1ccc(O)cc1. The zero-order chi connectivity index (χ0) is 18.5. The summed E-state index contributed by atoms with van der Waals surface area (Å²) in [6, 6.07) is 6.98. The number of aromatic hydroxyl groups is 1. The maximum absolute atomic E-state index is 9.24. The van der Waals surface area contributed by atoms with Gasteiger partial charge in [0.25, 0.3) is 0 Å². The fourth-order valence-corrected chi connectivity index (χ4v) is 3.31. The number of ether oxygens (including phenoxy) is 1. The van der Waals surface area contributed by atoms with E-state index in [9.17, 15) is 5.11 Å². The Morgan fingerprint density at radius 3 is 1.80 bits per heavy atom. The van der Waals surface area contributed by atoms with Crippen molar-refractivity contribution in [3.8, 4) is 11.5 Å². The molecule has 1 N–H and O–H groups in total. The molecule has 0 amide bonds. The lowest BCUT2D eigenvalue weighted by Crippen LogP contribution is -2.02. The van der Waals surface area contributed by atoms with Gasteiger partial charge in [-0.2, -0.15) is 0 Å². The van der Waals surface area contributed by atoms with Gasteiger partial charge >= 0.3 is 0 Å². The van der Waals surface area contributed by atoms with E-state index in [-0.39, 0.29) is 5.75 Å². The van der Waals surface area contributed by atoms with Gasteiger partial charge in [-0.3, -0.25) is 0 Å². The Bertz CT molecular complexity index is 424. The first-order chi connectivity index (χ1) is 12.0. The van der Waals surface area contributed by atoms with E-state index in [4.69, 9.17) is 4.74 Å². The zero-order valence-corrected chi connectivity index (χ0v) is 17.0. The van der Waals surface area contributed by atoms with Crippen LogP contribution in [0.15, 0.2) is 24.3 Å². The van der Waals surface area contributed by atoms with Gasteiger partial charge in [0.2, 0.25) is 0 Å². The Morgan fingerprint density at radius 1 is 0.720 bits per heavy atom. The summed E-state index contributed by atoms with van der Waals surface area (Å²) in [5.41, 5.74) is 0. The summed E-state index contributed by atoms with van der Waals surface area (Å²) in [5, 5.41) is 9.24. The molecule has 0 heterocycles. The monoisotopic (exact) mass is 348 g/mol. The molecule has 0 aliphatic carbocycles. The van der Waals surface area contributed by atoms with Gasteiger partial charge < -0.3 is 9.84 Å². The summed E-state index contributed by atoms with van der Waals surface area (Å²) < 4.78 is 5.70. The van der Waals surface area contributed by atoms with Crippen LogP contribution in [0.5, 0.6) is 11.5 Å².